The van der Waals surface area contributed by atoms with Crippen LogP contribution in [0, 0.1) is 0 Å². The van der Waals surface area contributed by atoms with E-state index in [4.69, 9.17) is 9.47 Å². The van der Waals surface area contributed by atoms with E-state index in [0.29, 0.717) is 12.3 Å². The van der Waals surface area contributed by atoms with E-state index < -0.39 is 6.10 Å². The number of benzene rings is 1. The molecule has 0 bridgehead atoms. The largest absolute Gasteiger partial charge is 0.497 e. The maximum Gasteiger partial charge on any atom is 0.262 e. The number of likely N-dealkylation sites (N-methyl/N-ethyl adjacent to an activating group) is 1. The van der Waals surface area contributed by atoms with Crippen LogP contribution in [0.2, 0.25) is 0 Å². The van der Waals surface area contributed by atoms with Crippen LogP contribution in [0.25, 0.3) is 0 Å². The number of nitrogens with zero attached hydrogens (tertiary/aromatic N) is 1. The minimum Gasteiger partial charge on any atom is -0.497 e. The van der Waals surface area contributed by atoms with Crippen LogP contribution in [-0.4, -0.2) is 44.7 Å². The number of hydrogen-bond acceptors (Lipinski definition) is 4. The zero-order chi connectivity index (χ0) is 15.8. The van der Waals surface area contributed by atoms with Gasteiger partial charge in [0.25, 0.3) is 5.91 Å². The van der Waals surface area contributed by atoms with Crippen LogP contribution in [0.3, 0.4) is 0 Å². The van der Waals surface area contributed by atoms with Crippen LogP contribution < -0.4 is 14.8 Å². The van der Waals surface area contributed by atoms with Crippen molar-refractivity contribution in [3.8, 4) is 11.5 Å². The monoisotopic (exact) mass is 294 g/mol. The van der Waals surface area contributed by atoms with E-state index in [0.717, 1.165) is 24.3 Å². The van der Waals surface area contributed by atoms with E-state index in [9.17, 15) is 4.79 Å². The first kappa shape index (κ1) is 17.3. The molecule has 1 aromatic carbocycles. The van der Waals surface area contributed by atoms with Crippen molar-refractivity contribution in [1.29, 1.82) is 0 Å². The van der Waals surface area contributed by atoms with Crippen molar-refractivity contribution < 1.29 is 14.3 Å². The van der Waals surface area contributed by atoms with Crippen LogP contribution in [0.1, 0.15) is 25.8 Å². The molecular weight excluding hydrogens is 268 g/mol. The Balaban J connectivity index is 2.86. The molecule has 5 nitrogen and oxygen atoms in total. The Morgan fingerprint density at radius 1 is 1.38 bits per heavy atom. The summed E-state index contributed by atoms with van der Waals surface area (Å²) < 4.78 is 11.1. The van der Waals surface area contributed by atoms with Gasteiger partial charge in [-0.05, 0) is 38.1 Å². The molecule has 0 radical (unpaired) electrons. The molecule has 5 heteroatoms. The number of amides is 1. The number of ether oxygens (including phenoxy) is 2. The van der Waals surface area contributed by atoms with Crippen molar-refractivity contribution in [2.24, 2.45) is 0 Å². The highest BCUT2D eigenvalue weighted by atomic mass is 16.5. The Hall–Kier alpha value is -1.75. The molecular formula is C16H26N2O3. The first-order valence-electron chi connectivity index (χ1n) is 7.25. The third-order valence-electron chi connectivity index (χ3n) is 3.10. The molecule has 1 atom stereocenters. The second-order valence-electron chi connectivity index (χ2n) is 5.14. The fourth-order valence-electron chi connectivity index (χ4n) is 1.94. The topological polar surface area (TPSA) is 50.8 Å². The summed E-state index contributed by atoms with van der Waals surface area (Å²) in [5.41, 5.74) is 0.987. The first-order chi connectivity index (χ1) is 9.99. The lowest BCUT2D eigenvalue weighted by Crippen LogP contribution is -2.35. The number of hydrogen-bond donors (Lipinski definition) is 1. The fraction of sp³-hybridized carbons (Fsp3) is 0.562. The van der Waals surface area contributed by atoms with Gasteiger partial charge in [0.1, 0.15) is 11.5 Å². The fourth-order valence-corrected chi connectivity index (χ4v) is 1.94. The minimum atomic E-state index is -0.515. The van der Waals surface area contributed by atoms with E-state index in [1.807, 2.05) is 18.2 Å². The lowest BCUT2D eigenvalue weighted by atomic mass is 10.1. The zero-order valence-corrected chi connectivity index (χ0v) is 13.6. The van der Waals surface area contributed by atoms with Gasteiger partial charge in [-0.2, -0.15) is 0 Å². The summed E-state index contributed by atoms with van der Waals surface area (Å²) in [5.74, 6) is 1.43. The van der Waals surface area contributed by atoms with Crippen LogP contribution in [0.4, 0.5) is 0 Å². The van der Waals surface area contributed by atoms with Crippen LogP contribution in [0.5, 0.6) is 11.5 Å². The minimum absolute atomic E-state index is 0.0571. The molecule has 1 aromatic rings. The van der Waals surface area contributed by atoms with Gasteiger partial charge in [-0.15, -0.1) is 0 Å². The smallest absolute Gasteiger partial charge is 0.262 e. The quantitative estimate of drug-likeness (QED) is 0.746. The molecule has 118 valence electrons. The van der Waals surface area contributed by atoms with Crippen LogP contribution in [0.15, 0.2) is 18.2 Å². The standard InChI is InChI=1S/C16H26N2O3/c1-6-9-17-11-13-10-14(20-5)7-8-15(13)21-12(2)16(19)18(3)4/h7-8,10,12,17H,6,9,11H2,1-5H3. The summed E-state index contributed by atoms with van der Waals surface area (Å²) in [5, 5.41) is 3.34. The summed E-state index contributed by atoms with van der Waals surface area (Å²) in [4.78, 5) is 13.4. The van der Waals surface area contributed by atoms with Crippen molar-refractivity contribution in [1.82, 2.24) is 10.2 Å². The third kappa shape index (κ3) is 5.27. The lowest BCUT2D eigenvalue weighted by Gasteiger charge is -2.20. The maximum atomic E-state index is 11.9. The van der Waals surface area contributed by atoms with Gasteiger partial charge in [0.15, 0.2) is 6.10 Å². The summed E-state index contributed by atoms with van der Waals surface area (Å²) in [7, 11) is 5.08. The molecule has 1 amide bonds. The Bertz CT molecular complexity index is 461. The molecule has 0 aliphatic carbocycles. The summed E-state index contributed by atoms with van der Waals surface area (Å²) >= 11 is 0. The van der Waals surface area contributed by atoms with Crippen LogP contribution in [-0.2, 0) is 11.3 Å². The molecule has 0 heterocycles. The lowest BCUT2D eigenvalue weighted by molar-refractivity contribution is -0.135. The predicted octanol–water partition coefficient (Wildman–Crippen LogP) is 2.05. The Morgan fingerprint density at radius 3 is 2.67 bits per heavy atom. The third-order valence-corrected chi connectivity index (χ3v) is 3.10. The van der Waals surface area contributed by atoms with E-state index in [1.54, 1.807) is 28.1 Å². The van der Waals surface area contributed by atoms with Crippen molar-refractivity contribution >= 4 is 5.91 Å². The highest BCUT2D eigenvalue weighted by Crippen LogP contribution is 2.25. The zero-order valence-electron chi connectivity index (χ0n) is 13.6. The summed E-state index contributed by atoms with van der Waals surface area (Å²) in [6, 6.07) is 5.62. The van der Waals surface area contributed by atoms with Gasteiger partial charge in [-0.25, -0.2) is 0 Å². The number of methoxy groups -OCH3 is 1. The molecule has 0 saturated carbocycles. The normalized spacial score (nSPS) is 11.9. The molecule has 0 aliphatic heterocycles. The van der Waals surface area contributed by atoms with Gasteiger partial charge in [-0.1, -0.05) is 6.92 Å². The molecule has 0 spiro atoms. The average molecular weight is 294 g/mol. The first-order valence-corrected chi connectivity index (χ1v) is 7.25. The number of carbonyl (C=O) groups excluding carboxylic acids is 1. The van der Waals surface area contributed by atoms with Gasteiger partial charge in [-0.3, -0.25) is 4.79 Å². The van der Waals surface area contributed by atoms with Gasteiger partial charge in [0.2, 0.25) is 0 Å². The van der Waals surface area contributed by atoms with Gasteiger partial charge in [0.05, 0.1) is 7.11 Å². The molecule has 0 saturated heterocycles. The van der Waals surface area contributed by atoms with Crippen molar-refractivity contribution in [3.63, 3.8) is 0 Å². The molecule has 0 aliphatic rings. The van der Waals surface area contributed by atoms with E-state index >= 15 is 0 Å². The molecule has 1 rings (SSSR count). The molecule has 21 heavy (non-hydrogen) atoms. The van der Waals surface area contributed by atoms with Gasteiger partial charge < -0.3 is 19.7 Å². The van der Waals surface area contributed by atoms with Crippen molar-refractivity contribution in [2.75, 3.05) is 27.7 Å². The van der Waals surface area contributed by atoms with E-state index in [1.165, 1.54) is 4.90 Å². The Kier molecular flexibility index (Phi) is 7.02. The Morgan fingerprint density at radius 2 is 2.10 bits per heavy atom. The number of nitrogens with one attached hydrogen (secondary N) is 1. The van der Waals surface area contributed by atoms with Gasteiger partial charge in [0, 0.05) is 26.2 Å². The highest BCUT2D eigenvalue weighted by molar-refractivity contribution is 5.80. The average Bonchev–Trinajstić information content (AvgIpc) is 2.47. The van der Waals surface area contributed by atoms with Gasteiger partial charge >= 0.3 is 0 Å². The predicted molar refractivity (Wildman–Crippen MR) is 83.8 cm³/mol. The second-order valence-corrected chi connectivity index (χ2v) is 5.14. The summed E-state index contributed by atoms with van der Waals surface area (Å²) in [6.07, 6.45) is 0.550. The molecule has 1 N–H and O–H groups in total. The van der Waals surface area contributed by atoms with Crippen LogP contribution >= 0.6 is 0 Å². The molecule has 0 aromatic heterocycles. The van der Waals surface area contributed by atoms with Crippen molar-refractivity contribution in [2.45, 2.75) is 32.9 Å². The number of rotatable bonds is 8. The maximum absolute atomic E-state index is 11.9. The SMILES string of the molecule is CCCNCc1cc(OC)ccc1OC(C)C(=O)N(C)C. The van der Waals surface area contributed by atoms with E-state index in [-0.39, 0.29) is 5.91 Å². The summed E-state index contributed by atoms with van der Waals surface area (Å²) in [6.45, 7) is 5.50. The molecule has 0 fully saturated rings. The second kappa shape index (κ2) is 8.52. The molecule has 1 unspecified atom stereocenters. The number of carbonyl (C=O) groups is 1. The Labute approximate surface area is 127 Å². The highest BCUT2D eigenvalue weighted by Gasteiger charge is 2.18. The van der Waals surface area contributed by atoms with Crippen molar-refractivity contribution in [3.05, 3.63) is 23.8 Å². The van der Waals surface area contributed by atoms with E-state index in [2.05, 4.69) is 12.2 Å².